The monoisotopic (exact) mass is 479 g/mol. The van der Waals surface area contributed by atoms with Crippen LogP contribution < -0.4 is 7.86 Å². The van der Waals surface area contributed by atoms with E-state index in [2.05, 4.69) is 8.02 Å². The molecule has 0 spiro atoms. The zero-order chi connectivity index (χ0) is 14.3. The minimum atomic E-state index is -0.540. The van der Waals surface area contributed by atoms with E-state index < -0.39 is 4.92 Å². The molecule has 1 aromatic rings. The van der Waals surface area contributed by atoms with Gasteiger partial charge in [0.05, 0.1) is 0 Å². The molecule has 0 fully saturated rings. The van der Waals surface area contributed by atoms with Crippen molar-refractivity contribution < 1.29 is 18.7 Å². The van der Waals surface area contributed by atoms with E-state index in [4.69, 9.17) is 8.95 Å². The number of nitrogens with zero attached hydrogens (tertiary/aromatic N) is 1. The number of carbonyl (C=O) groups is 1. The van der Waals surface area contributed by atoms with Crippen LogP contribution in [-0.4, -0.2) is 47.8 Å². The van der Waals surface area contributed by atoms with E-state index in [9.17, 15) is 14.9 Å². The van der Waals surface area contributed by atoms with Gasteiger partial charge >= 0.3 is 102 Å². The fourth-order valence-corrected chi connectivity index (χ4v) is 2.59. The fourth-order valence-electron chi connectivity index (χ4n) is 1.19. The number of nitro benzene ring substituents is 1. The summed E-state index contributed by atoms with van der Waals surface area (Å²) in [5.74, 6) is 0.223. The number of ketones is 1. The van der Waals surface area contributed by atoms with Gasteiger partial charge in [0.25, 0.3) is 0 Å². The summed E-state index contributed by atoms with van der Waals surface area (Å²) in [7, 11) is 4.33. The largest absolute Gasteiger partial charge is 0.208 e. The molecule has 0 aliphatic rings. The molecule has 0 radical (unpaired) electrons. The van der Waals surface area contributed by atoms with Crippen molar-refractivity contribution in [3.63, 3.8) is 0 Å². The molecule has 0 bridgehead atoms. The SMILES string of the molecule is COc1cc(C(C)=O)c([N+](=O)[O-])c[c]1[Tl].O=S=P. The number of ether oxygens (including phenoxy) is 1. The van der Waals surface area contributed by atoms with Crippen molar-refractivity contribution in [3.8, 4) is 5.75 Å². The smallest absolute Gasteiger partial charge is 0.110 e. The second-order valence-electron chi connectivity index (χ2n) is 3.01. The summed E-state index contributed by atoms with van der Waals surface area (Å²) in [6.07, 6.45) is 0. The number of benzene rings is 1. The van der Waals surface area contributed by atoms with Crippen molar-refractivity contribution in [1.82, 2.24) is 0 Å². The van der Waals surface area contributed by atoms with Gasteiger partial charge in [-0.25, -0.2) is 4.21 Å². The molecule has 6 nitrogen and oxygen atoms in total. The van der Waals surface area contributed by atoms with Crippen LogP contribution in [0.1, 0.15) is 17.3 Å². The van der Waals surface area contributed by atoms with Crippen molar-refractivity contribution in [2.24, 2.45) is 0 Å². The number of hydrogen-bond donors (Lipinski definition) is 0. The number of Topliss-reactive ketones (excluding diaryl/α,β-unsaturated/α-hetero) is 1. The first-order valence-corrected chi connectivity index (χ1v) is 8.68. The molecule has 0 N–H and O–H groups in total. The summed E-state index contributed by atoms with van der Waals surface area (Å²) in [6.45, 7) is 1.30. The average molecular weight is 479 g/mol. The summed E-state index contributed by atoms with van der Waals surface area (Å²) in [5, 5.41) is 10.7. The normalized spacial score (nSPS) is 8.72. The zero-order valence-corrected chi connectivity index (χ0v) is 15.9. The molecule has 0 heterocycles. The van der Waals surface area contributed by atoms with Crippen LogP contribution in [0, 0.1) is 10.1 Å². The first-order valence-electron chi connectivity index (χ1n) is 4.47. The van der Waals surface area contributed by atoms with Crippen LogP contribution in [0.2, 0.25) is 0 Å². The number of rotatable bonds is 3. The second kappa shape index (κ2) is 8.44. The van der Waals surface area contributed by atoms with E-state index >= 15 is 0 Å². The van der Waals surface area contributed by atoms with Crippen LogP contribution in [-0.2, 0) is 10.8 Å². The van der Waals surface area contributed by atoms with Gasteiger partial charge in [-0.05, 0) is 8.02 Å². The number of nitro groups is 1. The van der Waals surface area contributed by atoms with Gasteiger partial charge in [-0.1, -0.05) is 0 Å². The molecular weight excluding hydrogens is 470 g/mol. The van der Waals surface area contributed by atoms with Crippen LogP contribution in [0.3, 0.4) is 0 Å². The van der Waals surface area contributed by atoms with Gasteiger partial charge in [0.1, 0.15) is 10.8 Å². The molecule has 0 aliphatic heterocycles. The Morgan fingerprint density at radius 3 is 2.39 bits per heavy atom. The molecule has 94 valence electrons. The Kier molecular flexibility index (Phi) is 8.12. The quantitative estimate of drug-likeness (QED) is 0.211. The minimum Gasteiger partial charge on any atom is -0.208 e. The van der Waals surface area contributed by atoms with Crippen LogP contribution >= 0.6 is 8.02 Å². The standard InChI is InChI=1S/C9H8NO4.HOPS.Tl/c1-6(11)8-5-7(14-2)3-4-9(8)10(12)13;1-3-2;/h4-5H,1-2H3;2H;. The summed E-state index contributed by atoms with van der Waals surface area (Å²) in [6, 6.07) is 2.86. The predicted molar refractivity (Wildman–Crippen MR) is 71.5 cm³/mol. The van der Waals surface area contributed by atoms with E-state index in [0.717, 1.165) is 3.12 Å². The maximum Gasteiger partial charge on any atom is 0.110 e. The molecular formula is C9H9NO5PSTl. The van der Waals surface area contributed by atoms with Gasteiger partial charge < -0.3 is 0 Å². The third kappa shape index (κ3) is 4.91. The van der Waals surface area contributed by atoms with Crippen molar-refractivity contribution in [1.29, 1.82) is 0 Å². The predicted octanol–water partition coefficient (Wildman–Crippen LogP) is 0.857. The fraction of sp³-hybridized carbons (Fsp3) is 0.222. The minimum absolute atomic E-state index is 0.0984. The summed E-state index contributed by atoms with van der Waals surface area (Å²) in [4.78, 5) is 21.4. The number of methoxy groups -OCH3 is 1. The molecule has 1 aromatic carbocycles. The molecule has 0 atom stereocenters. The Hall–Kier alpha value is -0.668. The molecule has 9 heteroatoms. The maximum atomic E-state index is 11.2. The molecule has 1 rings (SSSR count). The van der Waals surface area contributed by atoms with Crippen molar-refractivity contribution in [2.75, 3.05) is 7.11 Å². The molecule has 0 aliphatic carbocycles. The van der Waals surface area contributed by atoms with Crippen molar-refractivity contribution in [3.05, 3.63) is 27.8 Å². The third-order valence-electron chi connectivity index (χ3n) is 1.92. The molecule has 0 saturated heterocycles. The van der Waals surface area contributed by atoms with Crippen molar-refractivity contribution >= 4 is 59.2 Å². The third-order valence-corrected chi connectivity index (χ3v) is 3.68. The number of carbonyl (C=O) groups excluding carboxylic acids is 1. The molecule has 0 unspecified atom stereocenters. The molecule has 0 aromatic heterocycles. The number of hydrogen-bond acceptors (Lipinski definition) is 5. The van der Waals surface area contributed by atoms with Gasteiger partial charge in [0.15, 0.2) is 0 Å². The summed E-state index contributed by atoms with van der Waals surface area (Å²) in [5.41, 5.74) is -0.0398. The van der Waals surface area contributed by atoms with Gasteiger partial charge in [-0.3, -0.25) is 0 Å². The Morgan fingerprint density at radius 2 is 2.06 bits per heavy atom. The van der Waals surface area contributed by atoms with E-state index in [1.165, 1.54) is 26.2 Å². The Morgan fingerprint density at radius 1 is 1.56 bits per heavy atom. The molecule has 0 amide bonds. The van der Waals surface area contributed by atoms with Gasteiger partial charge in [0, 0.05) is 0 Å². The molecule has 0 saturated carbocycles. The van der Waals surface area contributed by atoms with Gasteiger partial charge in [-0.2, -0.15) is 0 Å². The van der Waals surface area contributed by atoms with E-state index in [1.807, 2.05) is 0 Å². The Bertz CT molecular complexity index is 516. The van der Waals surface area contributed by atoms with Gasteiger partial charge in [-0.15, -0.1) is 0 Å². The average Bonchev–Trinajstić information content (AvgIpc) is 2.29. The van der Waals surface area contributed by atoms with Gasteiger partial charge in [0.2, 0.25) is 0 Å². The second-order valence-corrected chi connectivity index (χ2v) is 6.09. The first-order chi connectivity index (χ1) is 8.38. The van der Waals surface area contributed by atoms with Crippen LogP contribution in [0.5, 0.6) is 5.75 Å². The van der Waals surface area contributed by atoms with Crippen LogP contribution in [0.4, 0.5) is 5.69 Å². The van der Waals surface area contributed by atoms with E-state index in [-0.39, 0.29) is 17.0 Å². The first kappa shape index (κ1) is 17.3. The Labute approximate surface area is 125 Å². The van der Waals surface area contributed by atoms with E-state index in [1.54, 1.807) is 0 Å². The zero-order valence-electron chi connectivity index (χ0n) is 9.63. The summed E-state index contributed by atoms with van der Waals surface area (Å²) < 4.78 is 14.6. The topological polar surface area (TPSA) is 86.5 Å². The maximum absolute atomic E-state index is 11.2. The van der Waals surface area contributed by atoms with Crippen LogP contribution in [0.15, 0.2) is 12.1 Å². The van der Waals surface area contributed by atoms with E-state index in [0.29, 0.717) is 42.4 Å². The summed E-state index contributed by atoms with van der Waals surface area (Å²) >= 11 is 0.421. The molecule has 18 heavy (non-hydrogen) atoms. The van der Waals surface area contributed by atoms with Crippen LogP contribution in [0.25, 0.3) is 0 Å². The van der Waals surface area contributed by atoms with Crippen molar-refractivity contribution in [2.45, 2.75) is 6.92 Å². The Balaban J connectivity index is 0.000000873.